The Kier molecular flexibility index (Phi) is 11.2. The zero-order chi connectivity index (χ0) is 36.8. The summed E-state index contributed by atoms with van der Waals surface area (Å²) in [5.74, 6) is -1.92. The molecule has 0 bridgehead atoms. The van der Waals surface area contributed by atoms with E-state index in [1.54, 1.807) is 24.3 Å². The average Bonchev–Trinajstić information content (AvgIpc) is 3.47. The van der Waals surface area contributed by atoms with Crippen LogP contribution in [0, 0.1) is 5.82 Å². The van der Waals surface area contributed by atoms with Gasteiger partial charge in [-0.05, 0) is 91.4 Å². The number of halogens is 1. The first-order valence-electron chi connectivity index (χ1n) is 17.7. The molecule has 2 heterocycles. The van der Waals surface area contributed by atoms with Gasteiger partial charge in [-0.1, -0.05) is 74.5 Å². The molecule has 0 radical (unpaired) electrons. The summed E-state index contributed by atoms with van der Waals surface area (Å²) in [6.45, 7) is 8.47. The monoisotopic (exact) mass is 704 g/mol. The van der Waals surface area contributed by atoms with Gasteiger partial charge in [-0.25, -0.2) is 4.39 Å². The van der Waals surface area contributed by atoms with Gasteiger partial charge in [0.1, 0.15) is 18.2 Å². The number of aromatic hydroxyl groups is 1. The topological polar surface area (TPSA) is 99.0 Å². The van der Waals surface area contributed by atoms with Crippen LogP contribution in [-0.2, 0) is 32.2 Å². The lowest BCUT2D eigenvalue weighted by Crippen LogP contribution is -2.45. The lowest BCUT2D eigenvalue weighted by Gasteiger charge is -2.40. The zero-order valence-corrected chi connectivity index (χ0v) is 30.0. The van der Waals surface area contributed by atoms with Crippen LogP contribution in [-0.4, -0.2) is 39.5 Å². The Labute approximate surface area is 304 Å². The molecular formula is C43H45FN2O6. The van der Waals surface area contributed by atoms with Gasteiger partial charge in [-0.15, -0.1) is 0 Å². The van der Waals surface area contributed by atoms with Crippen LogP contribution in [0.1, 0.15) is 74.5 Å². The number of carbonyl (C=O) groups is 2. The molecule has 9 heteroatoms. The Balaban J connectivity index is 1.35. The molecule has 1 aromatic heterocycles. The van der Waals surface area contributed by atoms with E-state index in [1.807, 2.05) is 74.5 Å². The van der Waals surface area contributed by atoms with Crippen LogP contribution >= 0.6 is 0 Å². The van der Waals surface area contributed by atoms with Crippen molar-refractivity contribution in [2.75, 3.05) is 5.32 Å². The summed E-state index contributed by atoms with van der Waals surface area (Å²) < 4.78 is 34.7. The highest BCUT2D eigenvalue weighted by Gasteiger charge is 2.37. The van der Waals surface area contributed by atoms with Crippen molar-refractivity contribution in [3.63, 3.8) is 0 Å². The van der Waals surface area contributed by atoms with Gasteiger partial charge in [-0.3, -0.25) is 9.59 Å². The van der Waals surface area contributed by atoms with E-state index in [1.165, 1.54) is 24.3 Å². The summed E-state index contributed by atoms with van der Waals surface area (Å²) in [4.78, 5) is 27.3. The Morgan fingerprint density at radius 3 is 2.17 bits per heavy atom. The Morgan fingerprint density at radius 2 is 1.52 bits per heavy atom. The fraction of sp³-hybridized carbons (Fsp3) is 0.302. The fourth-order valence-corrected chi connectivity index (χ4v) is 7.01. The van der Waals surface area contributed by atoms with Crippen molar-refractivity contribution >= 4 is 17.6 Å². The van der Waals surface area contributed by atoms with E-state index in [4.69, 9.17) is 14.2 Å². The molecule has 1 saturated heterocycles. The first kappa shape index (κ1) is 36.5. The number of phenolic OH excluding ortho intramolecular Hbond substituents is 1. The molecule has 4 aromatic carbocycles. The zero-order valence-electron chi connectivity index (χ0n) is 30.0. The van der Waals surface area contributed by atoms with E-state index in [-0.39, 0.29) is 48.5 Å². The third-order valence-corrected chi connectivity index (χ3v) is 9.12. The summed E-state index contributed by atoms with van der Waals surface area (Å²) in [5.41, 5.74) is 5.92. The third kappa shape index (κ3) is 8.78. The Bertz CT molecular complexity index is 1970. The van der Waals surface area contributed by atoms with Gasteiger partial charge in [-0.2, -0.15) is 0 Å². The highest BCUT2D eigenvalue weighted by Crippen LogP contribution is 2.43. The number of nitrogens with zero attached hydrogens (tertiary/aromatic N) is 1. The van der Waals surface area contributed by atoms with Crippen LogP contribution in [0.2, 0.25) is 0 Å². The van der Waals surface area contributed by atoms with Gasteiger partial charge in [0.2, 0.25) is 0 Å². The molecule has 2 atom stereocenters. The summed E-state index contributed by atoms with van der Waals surface area (Å²) in [5, 5.41) is 12.9. The number of amides is 1. The molecule has 1 aliphatic rings. The van der Waals surface area contributed by atoms with Gasteiger partial charge in [0, 0.05) is 29.9 Å². The number of nitrogens with one attached hydrogen (secondary N) is 1. The number of anilines is 1. The van der Waals surface area contributed by atoms with Crippen LogP contribution in [0.25, 0.3) is 22.4 Å². The first-order chi connectivity index (χ1) is 25.0. The van der Waals surface area contributed by atoms with Crippen LogP contribution < -0.4 is 5.32 Å². The Morgan fingerprint density at radius 1 is 0.885 bits per heavy atom. The summed E-state index contributed by atoms with van der Waals surface area (Å²) in [6, 6.07) is 32.0. The highest BCUT2D eigenvalue weighted by molar-refractivity contribution is 6.12. The quantitative estimate of drug-likeness (QED) is 0.0992. The van der Waals surface area contributed by atoms with Crippen LogP contribution in [0.3, 0.4) is 0 Å². The van der Waals surface area contributed by atoms with Crippen molar-refractivity contribution in [1.29, 1.82) is 0 Å². The average molecular weight is 705 g/mol. The molecule has 52 heavy (non-hydrogen) atoms. The largest absolute Gasteiger partial charge is 0.508 e. The molecule has 1 amide bonds. The van der Waals surface area contributed by atoms with Crippen molar-refractivity contribution in [1.82, 2.24) is 4.57 Å². The SMILES string of the molecule is CC(C)c1c(C(=O)Nc2ccc(O)cc2)c(-c2ccccc2)c(-c2ccc(F)cc2)n1CC[C@H]1C[C@@H](CC(=O)OCc2ccccc2)OC(C)(C)O1. The number of rotatable bonds is 12. The number of aromatic nitrogens is 1. The van der Waals surface area contributed by atoms with Crippen molar-refractivity contribution in [3.05, 3.63) is 132 Å². The van der Waals surface area contributed by atoms with E-state index in [9.17, 15) is 19.1 Å². The fourth-order valence-electron chi connectivity index (χ4n) is 7.01. The normalized spacial score (nSPS) is 16.8. The first-order valence-corrected chi connectivity index (χ1v) is 17.7. The van der Waals surface area contributed by atoms with Crippen molar-refractivity contribution in [2.24, 2.45) is 0 Å². The van der Waals surface area contributed by atoms with Crippen molar-refractivity contribution < 1.29 is 33.3 Å². The van der Waals surface area contributed by atoms with Crippen molar-refractivity contribution in [2.45, 2.75) is 84.0 Å². The van der Waals surface area contributed by atoms with E-state index in [0.717, 1.165) is 33.6 Å². The molecule has 1 fully saturated rings. The molecule has 5 aromatic rings. The number of esters is 1. The standard InChI is InChI=1S/C43H45FN2O6/c1-28(2)40-39(42(49)45-33-19-21-34(47)22-20-33)38(30-13-9-6-10-14-30)41(31-15-17-32(44)18-16-31)46(40)24-23-35-25-36(52-43(3,4)51-35)26-37(48)50-27-29-11-7-5-8-12-29/h5-22,28,35-36,47H,23-27H2,1-4H3,(H,45,49)/t35-,36-/m0/s1. The lowest BCUT2D eigenvalue weighted by molar-refractivity contribution is -0.300. The van der Waals surface area contributed by atoms with Gasteiger partial charge < -0.3 is 29.2 Å². The lowest BCUT2D eigenvalue weighted by atomic mass is 9.94. The predicted octanol–water partition coefficient (Wildman–Crippen LogP) is 9.48. The van der Waals surface area contributed by atoms with Gasteiger partial charge in [0.15, 0.2) is 5.79 Å². The van der Waals surface area contributed by atoms with Crippen molar-refractivity contribution in [3.8, 4) is 28.1 Å². The minimum Gasteiger partial charge on any atom is -0.508 e. The molecule has 270 valence electrons. The second-order valence-corrected chi connectivity index (χ2v) is 13.9. The smallest absolute Gasteiger partial charge is 0.308 e. The maximum Gasteiger partial charge on any atom is 0.308 e. The molecule has 2 N–H and O–H groups in total. The number of ether oxygens (including phenoxy) is 3. The molecule has 8 nitrogen and oxygen atoms in total. The molecule has 1 aliphatic heterocycles. The Hall–Kier alpha value is -5.25. The minimum absolute atomic E-state index is 0.0867. The van der Waals surface area contributed by atoms with E-state index < -0.39 is 11.9 Å². The molecule has 0 spiro atoms. The highest BCUT2D eigenvalue weighted by atomic mass is 19.1. The minimum atomic E-state index is -0.936. The summed E-state index contributed by atoms with van der Waals surface area (Å²) in [6.07, 6.45) is 0.451. The van der Waals surface area contributed by atoms with Gasteiger partial charge in [0.25, 0.3) is 5.91 Å². The predicted molar refractivity (Wildman–Crippen MR) is 199 cm³/mol. The number of hydrogen-bond acceptors (Lipinski definition) is 6. The molecule has 6 rings (SSSR count). The number of benzene rings is 4. The van der Waals surface area contributed by atoms with E-state index >= 15 is 0 Å². The number of hydrogen-bond donors (Lipinski definition) is 2. The van der Waals surface area contributed by atoms with E-state index in [0.29, 0.717) is 30.6 Å². The second-order valence-electron chi connectivity index (χ2n) is 13.9. The summed E-state index contributed by atoms with van der Waals surface area (Å²) in [7, 11) is 0. The molecule has 0 saturated carbocycles. The van der Waals surface area contributed by atoms with E-state index in [2.05, 4.69) is 23.7 Å². The van der Waals surface area contributed by atoms with Crippen LogP contribution in [0.5, 0.6) is 5.75 Å². The van der Waals surface area contributed by atoms with Gasteiger partial charge >= 0.3 is 5.97 Å². The maximum atomic E-state index is 14.4. The number of carbonyl (C=O) groups excluding carboxylic acids is 2. The van der Waals surface area contributed by atoms with Crippen LogP contribution in [0.15, 0.2) is 109 Å². The van der Waals surface area contributed by atoms with Gasteiger partial charge in [0.05, 0.1) is 29.9 Å². The summed E-state index contributed by atoms with van der Waals surface area (Å²) >= 11 is 0. The maximum absolute atomic E-state index is 14.4. The second kappa shape index (κ2) is 16.0. The molecule has 0 unspecified atom stereocenters. The molecule has 0 aliphatic carbocycles. The molecular weight excluding hydrogens is 659 g/mol. The number of phenols is 1. The van der Waals surface area contributed by atoms with Crippen LogP contribution in [0.4, 0.5) is 10.1 Å². The third-order valence-electron chi connectivity index (χ3n) is 9.12.